The average molecular weight is 566 g/mol. The minimum absolute atomic E-state index is 0.197. The van der Waals surface area contributed by atoms with Crippen LogP contribution in [0.15, 0.2) is 66.7 Å². The van der Waals surface area contributed by atoms with Crippen LogP contribution in [0.1, 0.15) is 29.3 Å². The molecule has 3 aromatic rings. The van der Waals surface area contributed by atoms with E-state index in [1.807, 2.05) is 6.07 Å². The molecule has 1 atom stereocenters. The van der Waals surface area contributed by atoms with Gasteiger partial charge >= 0.3 is 5.97 Å². The van der Waals surface area contributed by atoms with E-state index in [1.165, 1.54) is 43.4 Å². The Morgan fingerprint density at radius 1 is 0.975 bits per heavy atom. The van der Waals surface area contributed by atoms with Crippen molar-refractivity contribution in [1.82, 2.24) is 4.90 Å². The van der Waals surface area contributed by atoms with Gasteiger partial charge in [0, 0.05) is 12.2 Å². The first-order valence-corrected chi connectivity index (χ1v) is 12.8. The molecule has 208 valence electrons. The lowest BCUT2D eigenvalue weighted by Crippen LogP contribution is -2.37. The van der Waals surface area contributed by atoms with Gasteiger partial charge in [0.05, 0.1) is 38.5 Å². The van der Waals surface area contributed by atoms with Crippen molar-refractivity contribution in [3.05, 3.63) is 83.7 Å². The maximum absolute atomic E-state index is 13.7. The van der Waals surface area contributed by atoms with Crippen LogP contribution in [-0.2, 0) is 20.9 Å². The SMILES string of the molecule is CCOC(=O)c1ccc(N2C(=O)[C@@H](CC(=O)Nc3ccc(F)cc3)N(Cc3ccc(OC)c(OC)c3)C2=S)cc1. The number of carbonyl (C=O) groups excluding carboxylic acids is 3. The molecule has 1 aliphatic rings. The van der Waals surface area contributed by atoms with Crippen molar-refractivity contribution < 1.29 is 33.0 Å². The third-order valence-corrected chi connectivity index (χ3v) is 6.68. The molecule has 9 nitrogen and oxygen atoms in total. The first-order chi connectivity index (χ1) is 19.2. The van der Waals surface area contributed by atoms with E-state index >= 15 is 0 Å². The van der Waals surface area contributed by atoms with Gasteiger partial charge in [-0.1, -0.05) is 6.07 Å². The van der Waals surface area contributed by atoms with Crippen LogP contribution in [0.25, 0.3) is 0 Å². The molecule has 40 heavy (non-hydrogen) atoms. The Hall–Kier alpha value is -4.51. The maximum atomic E-state index is 13.7. The predicted octanol–water partition coefficient (Wildman–Crippen LogP) is 4.55. The summed E-state index contributed by atoms with van der Waals surface area (Å²) in [5, 5.41) is 2.90. The molecule has 1 fully saturated rings. The zero-order chi connectivity index (χ0) is 28.8. The lowest BCUT2D eigenvalue weighted by Gasteiger charge is -2.24. The van der Waals surface area contributed by atoms with E-state index in [0.717, 1.165) is 5.56 Å². The molecule has 4 rings (SSSR count). The number of hydrogen-bond acceptors (Lipinski definition) is 7. The van der Waals surface area contributed by atoms with Gasteiger partial charge in [-0.05, 0) is 85.4 Å². The van der Waals surface area contributed by atoms with Gasteiger partial charge in [-0.25, -0.2) is 9.18 Å². The van der Waals surface area contributed by atoms with Crippen molar-refractivity contribution >= 4 is 46.5 Å². The van der Waals surface area contributed by atoms with Crippen LogP contribution in [0, 0.1) is 5.82 Å². The van der Waals surface area contributed by atoms with E-state index in [9.17, 15) is 18.8 Å². The fourth-order valence-corrected chi connectivity index (χ4v) is 4.70. The number of rotatable bonds is 10. The Labute approximate surface area is 236 Å². The smallest absolute Gasteiger partial charge is 0.338 e. The van der Waals surface area contributed by atoms with Crippen molar-refractivity contribution in [2.24, 2.45) is 0 Å². The molecule has 0 unspecified atom stereocenters. The topological polar surface area (TPSA) is 97.4 Å². The quantitative estimate of drug-likeness (QED) is 0.283. The highest BCUT2D eigenvalue weighted by Gasteiger charge is 2.44. The maximum Gasteiger partial charge on any atom is 0.338 e. The molecule has 1 aliphatic heterocycles. The number of halogens is 1. The summed E-state index contributed by atoms with van der Waals surface area (Å²) >= 11 is 5.74. The zero-order valence-electron chi connectivity index (χ0n) is 22.2. The van der Waals surface area contributed by atoms with Gasteiger partial charge in [-0.2, -0.15) is 0 Å². The Morgan fingerprint density at radius 2 is 1.65 bits per heavy atom. The highest BCUT2D eigenvalue weighted by atomic mass is 32.1. The van der Waals surface area contributed by atoms with E-state index in [2.05, 4.69) is 5.32 Å². The summed E-state index contributed by atoms with van der Waals surface area (Å²) in [4.78, 5) is 41.8. The average Bonchev–Trinajstić information content (AvgIpc) is 3.18. The normalized spacial score (nSPS) is 14.8. The van der Waals surface area contributed by atoms with Crippen LogP contribution in [0.4, 0.5) is 15.8 Å². The number of carbonyl (C=O) groups is 3. The molecule has 0 aromatic heterocycles. The minimum atomic E-state index is -0.925. The molecule has 11 heteroatoms. The van der Waals surface area contributed by atoms with Crippen LogP contribution in [-0.4, -0.2) is 54.7 Å². The van der Waals surface area contributed by atoms with Gasteiger partial charge in [-0.3, -0.25) is 14.5 Å². The summed E-state index contributed by atoms with van der Waals surface area (Å²) < 4.78 is 29.1. The number of hydrogen-bond donors (Lipinski definition) is 1. The number of nitrogens with zero attached hydrogens (tertiary/aromatic N) is 2. The van der Waals surface area contributed by atoms with Gasteiger partial charge in [0.2, 0.25) is 5.91 Å². The van der Waals surface area contributed by atoms with Crippen LogP contribution in [0.5, 0.6) is 11.5 Å². The molecular weight excluding hydrogens is 537 g/mol. The summed E-state index contributed by atoms with van der Waals surface area (Å²) in [5.74, 6) is -0.693. The Kier molecular flexibility index (Phi) is 8.95. The standard InChI is InChI=1S/C29H28FN3O6S/c1-4-39-28(36)19-6-12-22(13-7-19)33-27(35)23(16-26(34)31-21-10-8-20(30)9-11-21)32(29(33)40)17-18-5-14-24(37-2)25(15-18)38-3/h5-15,23H,4,16-17H2,1-3H3,(H,31,34)/t23-/m1/s1. The number of amides is 2. The largest absolute Gasteiger partial charge is 0.493 e. The first kappa shape index (κ1) is 28.5. The van der Waals surface area contributed by atoms with Crippen molar-refractivity contribution in [1.29, 1.82) is 0 Å². The Balaban J connectivity index is 1.62. The third-order valence-electron chi connectivity index (χ3n) is 6.26. The molecule has 2 amide bonds. The van der Waals surface area contributed by atoms with Gasteiger partial charge in [-0.15, -0.1) is 0 Å². The zero-order valence-corrected chi connectivity index (χ0v) is 23.0. The first-order valence-electron chi connectivity index (χ1n) is 12.4. The molecule has 1 heterocycles. The van der Waals surface area contributed by atoms with Crippen molar-refractivity contribution in [2.45, 2.75) is 25.9 Å². The van der Waals surface area contributed by atoms with Gasteiger partial charge in [0.1, 0.15) is 11.9 Å². The molecule has 0 radical (unpaired) electrons. The molecule has 0 bridgehead atoms. The number of methoxy groups -OCH3 is 2. The van der Waals surface area contributed by atoms with E-state index in [1.54, 1.807) is 48.2 Å². The monoisotopic (exact) mass is 565 g/mol. The Bertz CT molecular complexity index is 1410. The number of ether oxygens (including phenoxy) is 3. The number of esters is 1. The second-order valence-corrected chi connectivity index (χ2v) is 9.18. The summed E-state index contributed by atoms with van der Waals surface area (Å²) in [6.45, 7) is 2.16. The Morgan fingerprint density at radius 3 is 2.27 bits per heavy atom. The minimum Gasteiger partial charge on any atom is -0.493 e. The second-order valence-electron chi connectivity index (χ2n) is 8.82. The van der Waals surface area contributed by atoms with E-state index in [0.29, 0.717) is 28.4 Å². The lowest BCUT2D eigenvalue weighted by molar-refractivity contribution is -0.124. The van der Waals surface area contributed by atoms with Crippen LogP contribution in [0.2, 0.25) is 0 Å². The molecule has 0 aliphatic carbocycles. The molecule has 0 saturated carbocycles. The summed E-state index contributed by atoms with van der Waals surface area (Å²) in [7, 11) is 3.06. The number of anilines is 2. The summed E-state index contributed by atoms with van der Waals surface area (Å²) in [6, 6.07) is 16.1. The molecule has 0 spiro atoms. The summed E-state index contributed by atoms with van der Waals surface area (Å²) in [5.41, 5.74) is 1.95. The van der Waals surface area contributed by atoms with Gasteiger partial charge in [0.25, 0.3) is 5.91 Å². The van der Waals surface area contributed by atoms with Gasteiger partial charge in [0.15, 0.2) is 16.6 Å². The molecule has 1 N–H and O–H groups in total. The van der Waals surface area contributed by atoms with Crippen LogP contribution >= 0.6 is 12.2 Å². The van der Waals surface area contributed by atoms with E-state index in [-0.39, 0.29) is 24.7 Å². The fraction of sp³-hybridized carbons (Fsp3) is 0.241. The molecule has 3 aromatic carbocycles. The second kappa shape index (κ2) is 12.6. The molecular formula is C29H28FN3O6S. The van der Waals surface area contributed by atoms with Crippen LogP contribution in [0.3, 0.4) is 0 Å². The number of nitrogens with one attached hydrogen (secondary N) is 1. The van der Waals surface area contributed by atoms with Crippen molar-refractivity contribution in [3.63, 3.8) is 0 Å². The fourth-order valence-electron chi connectivity index (χ4n) is 4.31. The summed E-state index contributed by atoms with van der Waals surface area (Å²) in [6.07, 6.45) is -0.207. The lowest BCUT2D eigenvalue weighted by atomic mass is 10.1. The molecule has 1 saturated heterocycles. The van der Waals surface area contributed by atoms with Crippen molar-refractivity contribution in [2.75, 3.05) is 31.0 Å². The van der Waals surface area contributed by atoms with Crippen LogP contribution < -0.4 is 19.7 Å². The third kappa shape index (κ3) is 6.20. The van der Waals surface area contributed by atoms with E-state index in [4.69, 9.17) is 26.4 Å². The highest BCUT2D eigenvalue weighted by molar-refractivity contribution is 7.80. The van der Waals surface area contributed by atoms with E-state index < -0.39 is 29.6 Å². The van der Waals surface area contributed by atoms with Crippen molar-refractivity contribution in [3.8, 4) is 11.5 Å². The van der Waals surface area contributed by atoms with Gasteiger partial charge < -0.3 is 24.4 Å². The number of benzene rings is 3. The number of thiocarbonyl (C=S) groups is 1. The predicted molar refractivity (Wildman–Crippen MR) is 151 cm³/mol. The highest BCUT2D eigenvalue weighted by Crippen LogP contribution is 2.32.